The molecule has 0 aliphatic heterocycles. The quantitative estimate of drug-likeness (QED) is 0.762. The highest BCUT2D eigenvalue weighted by molar-refractivity contribution is 6.12. The fraction of sp³-hybridized carbons (Fsp3) is 0.0625. The van der Waals surface area contributed by atoms with Gasteiger partial charge in [-0.25, -0.2) is 13.2 Å². The molecule has 2 aromatic carbocycles. The van der Waals surface area contributed by atoms with E-state index in [1.54, 1.807) is 0 Å². The summed E-state index contributed by atoms with van der Waals surface area (Å²) in [6, 6.07) is 5.60. The van der Waals surface area contributed by atoms with Crippen LogP contribution in [0.3, 0.4) is 0 Å². The number of aryl methyl sites for hydroxylation is 1. The Morgan fingerprint density at radius 3 is 2.64 bits per heavy atom. The van der Waals surface area contributed by atoms with Crippen LogP contribution in [0.5, 0.6) is 0 Å². The van der Waals surface area contributed by atoms with Crippen molar-refractivity contribution in [2.24, 2.45) is 0 Å². The van der Waals surface area contributed by atoms with E-state index in [1.807, 2.05) is 0 Å². The summed E-state index contributed by atoms with van der Waals surface area (Å²) in [5, 5.41) is 2.66. The summed E-state index contributed by atoms with van der Waals surface area (Å²) in [5.41, 5.74) is 0.167. The Balaban J connectivity index is 1.95. The lowest BCUT2D eigenvalue weighted by atomic mass is 10.1. The first-order chi connectivity index (χ1) is 10.5. The smallest absolute Gasteiger partial charge is 0.259 e. The summed E-state index contributed by atoms with van der Waals surface area (Å²) in [6.07, 6.45) is 1.14. The number of furan rings is 1. The number of amides is 1. The molecule has 3 rings (SSSR count). The summed E-state index contributed by atoms with van der Waals surface area (Å²) in [6.45, 7) is 1.42. The third kappa shape index (κ3) is 2.43. The normalized spacial score (nSPS) is 10.9. The van der Waals surface area contributed by atoms with Crippen LogP contribution in [-0.4, -0.2) is 5.91 Å². The number of benzene rings is 2. The minimum absolute atomic E-state index is 0.107. The molecule has 0 saturated carbocycles. The molecule has 0 fully saturated rings. The first kappa shape index (κ1) is 14.2. The van der Waals surface area contributed by atoms with E-state index >= 15 is 0 Å². The summed E-state index contributed by atoms with van der Waals surface area (Å²) in [5.74, 6) is -2.55. The van der Waals surface area contributed by atoms with Gasteiger partial charge in [0.25, 0.3) is 5.91 Å². The van der Waals surface area contributed by atoms with E-state index in [0.717, 1.165) is 24.5 Å². The lowest BCUT2D eigenvalue weighted by Crippen LogP contribution is -2.13. The van der Waals surface area contributed by atoms with Crippen LogP contribution in [0.4, 0.5) is 18.9 Å². The first-order valence-electron chi connectivity index (χ1n) is 6.39. The van der Waals surface area contributed by atoms with E-state index < -0.39 is 23.4 Å². The van der Waals surface area contributed by atoms with Crippen LogP contribution in [0.1, 0.15) is 15.9 Å². The van der Waals surface area contributed by atoms with Crippen molar-refractivity contribution in [3.05, 3.63) is 65.2 Å². The van der Waals surface area contributed by atoms with E-state index in [-0.39, 0.29) is 22.4 Å². The van der Waals surface area contributed by atoms with Crippen LogP contribution >= 0.6 is 0 Å². The zero-order valence-electron chi connectivity index (χ0n) is 11.4. The molecule has 112 valence electrons. The van der Waals surface area contributed by atoms with Crippen molar-refractivity contribution in [2.75, 3.05) is 5.32 Å². The number of fused-ring (bicyclic) bond motifs is 1. The molecule has 1 heterocycles. The second kappa shape index (κ2) is 5.22. The number of nitrogens with one attached hydrogen (secondary N) is 1. The van der Waals surface area contributed by atoms with Gasteiger partial charge in [-0.1, -0.05) is 0 Å². The van der Waals surface area contributed by atoms with Gasteiger partial charge in [0.1, 0.15) is 29.3 Å². The van der Waals surface area contributed by atoms with Crippen molar-refractivity contribution in [2.45, 2.75) is 6.92 Å². The summed E-state index contributed by atoms with van der Waals surface area (Å²) in [7, 11) is 0. The molecule has 0 atom stereocenters. The fourth-order valence-electron chi connectivity index (χ4n) is 2.11. The van der Waals surface area contributed by atoms with Crippen LogP contribution in [0.2, 0.25) is 0 Å². The van der Waals surface area contributed by atoms with Crippen molar-refractivity contribution < 1.29 is 22.4 Å². The van der Waals surface area contributed by atoms with Crippen molar-refractivity contribution in [3.8, 4) is 0 Å². The summed E-state index contributed by atoms with van der Waals surface area (Å²) < 4.78 is 45.4. The number of carbonyl (C=O) groups is 1. The highest BCUT2D eigenvalue weighted by Crippen LogP contribution is 2.24. The first-order valence-corrected chi connectivity index (χ1v) is 6.39. The van der Waals surface area contributed by atoms with Gasteiger partial charge in [-0.2, -0.15) is 0 Å². The molecule has 0 unspecified atom stereocenters. The number of rotatable bonds is 2. The largest absolute Gasteiger partial charge is 0.463 e. The lowest BCUT2D eigenvalue weighted by Gasteiger charge is -2.07. The van der Waals surface area contributed by atoms with Gasteiger partial charge >= 0.3 is 0 Å². The predicted octanol–water partition coefficient (Wildman–Crippen LogP) is 4.41. The topological polar surface area (TPSA) is 42.2 Å². The number of hydrogen-bond acceptors (Lipinski definition) is 2. The minimum Gasteiger partial charge on any atom is -0.463 e. The monoisotopic (exact) mass is 305 g/mol. The maximum absolute atomic E-state index is 13.7. The van der Waals surface area contributed by atoms with Crippen LogP contribution in [-0.2, 0) is 0 Å². The van der Waals surface area contributed by atoms with Gasteiger partial charge in [0, 0.05) is 17.5 Å². The molecule has 0 aliphatic carbocycles. The van der Waals surface area contributed by atoms with Crippen LogP contribution in [0, 0.1) is 24.4 Å². The van der Waals surface area contributed by atoms with Crippen molar-refractivity contribution in [1.82, 2.24) is 0 Å². The molecule has 3 aromatic rings. The van der Waals surface area contributed by atoms with Gasteiger partial charge in [0.15, 0.2) is 0 Å². The van der Waals surface area contributed by atoms with Crippen LogP contribution in [0.25, 0.3) is 11.0 Å². The maximum atomic E-state index is 13.7. The average Bonchev–Trinajstić information content (AvgIpc) is 2.87. The number of carbonyl (C=O) groups excluding carboxylic acids is 1. The summed E-state index contributed by atoms with van der Waals surface area (Å²) >= 11 is 0. The van der Waals surface area contributed by atoms with Gasteiger partial charge in [-0.15, -0.1) is 0 Å². The van der Waals surface area contributed by atoms with Crippen molar-refractivity contribution >= 4 is 22.6 Å². The Kier molecular flexibility index (Phi) is 3.36. The number of hydrogen-bond donors (Lipinski definition) is 1. The molecule has 0 saturated heterocycles. The van der Waals surface area contributed by atoms with Crippen LogP contribution in [0.15, 0.2) is 41.0 Å². The van der Waals surface area contributed by atoms with Gasteiger partial charge in [-0.05, 0) is 30.7 Å². The minimum atomic E-state index is -0.744. The molecule has 0 aliphatic rings. The molecular weight excluding hydrogens is 295 g/mol. The van der Waals surface area contributed by atoms with E-state index in [9.17, 15) is 18.0 Å². The Morgan fingerprint density at radius 1 is 1.09 bits per heavy atom. The SMILES string of the molecule is Cc1cc(F)c(NC(=O)c2coc3cc(F)ccc23)cc1F. The second-order valence-corrected chi connectivity index (χ2v) is 4.83. The molecule has 1 N–H and O–H groups in total. The number of anilines is 1. The second-order valence-electron chi connectivity index (χ2n) is 4.83. The Bertz CT molecular complexity index is 886. The van der Waals surface area contributed by atoms with Gasteiger partial charge in [0.2, 0.25) is 0 Å². The third-order valence-corrected chi connectivity index (χ3v) is 3.28. The zero-order valence-corrected chi connectivity index (χ0v) is 11.4. The Hall–Kier alpha value is -2.76. The van der Waals surface area contributed by atoms with E-state index in [1.165, 1.54) is 19.1 Å². The predicted molar refractivity (Wildman–Crippen MR) is 75.2 cm³/mol. The Morgan fingerprint density at radius 2 is 1.86 bits per heavy atom. The molecule has 1 amide bonds. The van der Waals surface area contributed by atoms with E-state index in [2.05, 4.69) is 5.32 Å². The van der Waals surface area contributed by atoms with E-state index in [0.29, 0.717) is 5.39 Å². The van der Waals surface area contributed by atoms with Gasteiger partial charge in [-0.3, -0.25) is 4.79 Å². The molecular formula is C16H10F3NO2. The zero-order chi connectivity index (χ0) is 15.9. The average molecular weight is 305 g/mol. The lowest BCUT2D eigenvalue weighted by molar-refractivity contribution is 0.102. The molecule has 1 aromatic heterocycles. The molecule has 0 radical (unpaired) electrons. The Labute approximate surface area is 123 Å². The molecule has 6 heteroatoms. The highest BCUT2D eigenvalue weighted by Gasteiger charge is 2.17. The van der Waals surface area contributed by atoms with Crippen molar-refractivity contribution in [3.63, 3.8) is 0 Å². The third-order valence-electron chi connectivity index (χ3n) is 3.28. The molecule has 22 heavy (non-hydrogen) atoms. The molecule has 3 nitrogen and oxygen atoms in total. The maximum Gasteiger partial charge on any atom is 0.259 e. The highest BCUT2D eigenvalue weighted by atomic mass is 19.1. The molecule has 0 spiro atoms. The van der Waals surface area contributed by atoms with Crippen LogP contribution < -0.4 is 5.32 Å². The number of halogens is 3. The molecule has 0 bridgehead atoms. The standard InChI is InChI=1S/C16H10F3NO2/c1-8-4-13(19)14(6-12(8)18)20-16(21)11-7-22-15-5-9(17)2-3-10(11)15/h2-7H,1H3,(H,20,21). The van der Waals surface area contributed by atoms with Crippen molar-refractivity contribution in [1.29, 1.82) is 0 Å². The summed E-state index contributed by atoms with van der Waals surface area (Å²) in [4.78, 5) is 12.2. The van der Waals surface area contributed by atoms with Gasteiger partial charge in [0.05, 0.1) is 11.3 Å². The van der Waals surface area contributed by atoms with E-state index in [4.69, 9.17) is 4.42 Å². The van der Waals surface area contributed by atoms with Gasteiger partial charge < -0.3 is 9.73 Å². The fourth-order valence-corrected chi connectivity index (χ4v) is 2.11.